The molecule has 2 aromatic heterocycles. The monoisotopic (exact) mass is 296 g/mol. The second kappa shape index (κ2) is 6.16. The fourth-order valence-corrected chi connectivity index (χ4v) is 3.14. The van der Waals surface area contributed by atoms with E-state index in [9.17, 15) is 0 Å². The van der Waals surface area contributed by atoms with Gasteiger partial charge in [0.1, 0.15) is 5.01 Å². The van der Waals surface area contributed by atoms with Crippen molar-refractivity contribution >= 4 is 11.3 Å². The Morgan fingerprint density at radius 3 is 2.52 bits per heavy atom. The number of hydrogen-bond donors (Lipinski definition) is 1. The molecule has 3 rings (SSSR count). The van der Waals surface area contributed by atoms with E-state index in [0.29, 0.717) is 6.42 Å². The molecule has 3 aromatic rings. The summed E-state index contributed by atoms with van der Waals surface area (Å²) in [6.45, 7) is 2.17. The molecule has 0 aliphatic heterocycles. The molecule has 0 aliphatic rings. The highest BCUT2D eigenvalue weighted by Gasteiger charge is 2.09. The first-order valence-electron chi connectivity index (χ1n) is 6.87. The summed E-state index contributed by atoms with van der Waals surface area (Å²) in [5.74, 6) is 0. The highest BCUT2D eigenvalue weighted by Crippen LogP contribution is 2.28. The van der Waals surface area contributed by atoms with Crippen LogP contribution in [0.1, 0.15) is 10.6 Å². The number of benzene rings is 1. The summed E-state index contributed by atoms with van der Waals surface area (Å²) >= 11 is 1.65. The molecular formula is C17H16N2OS. The van der Waals surface area contributed by atoms with Gasteiger partial charge >= 0.3 is 0 Å². The number of nitrogens with zero attached hydrogens (tertiary/aromatic N) is 2. The van der Waals surface area contributed by atoms with E-state index in [4.69, 9.17) is 5.11 Å². The Kier molecular flexibility index (Phi) is 4.08. The van der Waals surface area contributed by atoms with E-state index in [0.717, 1.165) is 32.4 Å². The van der Waals surface area contributed by atoms with Crippen molar-refractivity contribution in [2.75, 3.05) is 6.61 Å². The Morgan fingerprint density at radius 2 is 1.86 bits per heavy atom. The maximum absolute atomic E-state index is 9.04. The van der Waals surface area contributed by atoms with Gasteiger partial charge in [0.15, 0.2) is 0 Å². The molecule has 0 spiro atoms. The van der Waals surface area contributed by atoms with Crippen LogP contribution in [0.15, 0.2) is 48.7 Å². The number of aliphatic hydroxyl groups excluding tert-OH is 1. The van der Waals surface area contributed by atoms with Crippen molar-refractivity contribution in [1.82, 2.24) is 9.97 Å². The van der Waals surface area contributed by atoms with Crippen molar-refractivity contribution in [1.29, 1.82) is 0 Å². The third-order valence-electron chi connectivity index (χ3n) is 3.32. The van der Waals surface area contributed by atoms with Crippen molar-refractivity contribution in [3.05, 3.63) is 59.2 Å². The smallest absolute Gasteiger partial charge is 0.125 e. The van der Waals surface area contributed by atoms with E-state index in [1.165, 1.54) is 0 Å². The number of pyridine rings is 1. The van der Waals surface area contributed by atoms with Gasteiger partial charge in [-0.25, -0.2) is 4.98 Å². The number of aryl methyl sites for hydroxylation is 1. The molecule has 0 fully saturated rings. The largest absolute Gasteiger partial charge is 0.396 e. The van der Waals surface area contributed by atoms with Crippen molar-refractivity contribution in [2.24, 2.45) is 0 Å². The molecule has 0 saturated carbocycles. The zero-order valence-electron chi connectivity index (χ0n) is 11.8. The summed E-state index contributed by atoms with van der Waals surface area (Å²) in [6, 6.07) is 14.2. The summed E-state index contributed by atoms with van der Waals surface area (Å²) < 4.78 is 0. The Morgan fingerprint density at radius 1 is 1.05 bits per heavy atom. The van der Waals surface area contributed by atoms with Crippen LogP contribution in [0.2, 0.25) is 0 Å². The lowest BCUT2D eigenvalue weighted by atomic mass is 10.1. The summed E-state index contributed by atoms with van der Waals surface area (Å²) in [7, 11) is 0. The SMILES string of the molecule is Cc1sc(-c2ccc(-c3ccccc3)nc2)nc1CCO. The van der Waals surface area contributed by atoms with E-state index in [2.05, 4.69) is 28.2 Å². The van der Waals surface area contributed by atoms with Crippen LogP contribution in [0, 0.1) is 6.92 Å². The van der Waals surface area contributed by atoms with Crippen LogP contribution >= 0.6 is 11.3 Å². The van der Waals surface area contributed by atoms with Crippen molar-refractivity contribution in [2.45, 2.75) is 13.3 Å². The van der Waals surface area contributed by atoms with E-state index in [1.54, 1.807) is 11.3 Å². The Balaban J connectivity index is 1.89. The molecule has 0 atom stereocenters. The fourth-order valence-electron chi connectivity index (χ4n) is 2.19. The second-order valence-corrected chi connectivity index (χ2v) is 6.00. The third kappa shape index (κ3) is 3.01. The molecule has 0 unspecified atom stereocenters. The molecule has 4 heteroatoms. The lowest BCUT2D eigenvalue weighted by Gasteiger charge is -2.01. The van der Waals surface area contributed by atoms with Crippen LogP contribution in [0.4, 0.5) is 0 Å². The first kappa shape index (κ1) is 13.9. The standard InChI is InChI=1S/C17H16N2OS/c1-12-15(9-10-20)19-17(21-12)14-7-8-16(18-11-14)13-5-3-2-4-6-13/h2-8,11,20H,9-10H2,1H3. The van der Waals surface area contributed by atoms with Crippen LogP contribution < -0.4 is 0 Å². The minimum Gasteiger partial charge on any atom is -0.396 e. The van der Waals surface area contributed by atoms with Gasteiger partial charge in [0.2, 0.25) is 0 Å². The predicted molar refractivity (Wildman–Crippen MR) is 86.3 cm³/mol. The normalized spacial score (nSPS) is 10.8. The molecule has 21 heavy (non-hydrogen) atoms. The van der Waals surface area contributed by atoms with Crippen LogP contribution in [0.25, 0.3) is 21.8 Å². The van der Waals surface area contributed by atoms with E-state index in [1.807, 2.05) is 37.4 Å². The molecule has 0 amide bonds. The van der Waals surface area contributed by atoms with Crippen LogP contribution in [0.3, 0.4) is 0 Å². The van der Waals surface area contributed by atoms with Crippen molar-refractivity contribution in [3.63, 3.8) is 0 Å². The van der Waals surface area contributed by atoms with Gasteiger partial charge in [-0.3, -0.25) is 4.98 Å². The van der Waals surface area contributed by atoms with Gasteiger partial charge in [-0.1, -0.05) is 30.3 Å². The third-order valence-corrected chi connectivity index (χ3v) is 4.38. The topological polar surface area (TPSA) is 46.0 Å². The fraction of sp³-hybridized carbons (Fsp3) is 0.176. The number of rotatable bonds is 4. The maximum Gasteiger partial charge on any atom is 0.125 e. The maximum atomic E-state index is 9.04. The van der Waals surface area contributed by atoms with Gasteiger partial charge in [-0.2, -0.15) is 0 Å². The van der Waals surface area contributed by atoms with Gasteiger partial charge in [0.05, 0.1) is 11.4 Å². The summed E-state index contributed by atoms with van der Waals surface area (Å²) in [5.41, 5.74) is 4.07. The number of aromatic nitrogens is 2. The summed E-state index contributed by atoms with van der Waals surface area (Å²) in [4.78, 5) is 10.3. The van der Waals surface area contributed by atoms with Gasteiger partial charge < -0.3 is 5.11 Å². The minimum absolute atomic E-state index is 0.134. The molecule has 0 bridgehead atoms. The zero-order chi connectivity index (χ0) is 14.7. The van der Waals surface area contributed by atoms with E-state index >= 15 is 0 Å². The van der Waals surface area contributed by atoms with Crippen molar-refractivity contribution < 1.29 is 5.11 Å². The quantitative estimate of drug-likeness (QED) is 0.798. The average molecular weight is 296 g/mol. The highest BCUT2D eigenvalue weighted by molar-refractivity contribution is 7.15. The molecule has 3 nitrogen and oxygen atoms in total. The molecule has 0 aliphatic carbocycles. The summed E-state index contributed by atoms with van der Waals surface area (Å²) in [6.07, 6.45) is 2.47. The van der Waals surface area contributed by atoms with Gasteiger partial charge in [0.25, 0.3) is 0 Å². The second-order valence-electron chi connectivity index (χ2n) is 4.79. The number of hydrogen-bond acceptors (Lipinski definition) is 4. The molecular weight excluding hydrogens is 280 g/mol. The molecule has 106 valence electrons. The van der Waals surface area contributed by atoms with Crippen molar-refractivity contribution in [3.8, 4) is 21.8 Å². The molecule has 0 saturated heterocycles. The van der Waals surface area contributed by atoms with Crippen LogP contribution in [-0.4, -0.2) is 21.7 Å². The lowest BCUT2D eigenvalue weighted by molar-refractivity contribution is 0.298. The first-order valence-corrected chi connectivity index (χ1v) is 7.68. The zero-order valence-corrected chi connectivity index (χ0v) is 12.6. The van der Waals surface area contributed by atoms with E-state index < -0.39 is 0 Å². The summed E-state index contributed by atoms with van der Waals surface area (Å²) in [5, 5.41) is 10.00. The van der Waals surface area contributed by atoms with Crippen LogP contribution in [-0.2, 0) is 6.42 Å². The van der Waals surface area contributed by atoms with Gasteiger partial charge in [-0.05, 0) is 19.1 Å². The van der Waals surface area contributed by atoms with Gasteiger partial charge in [-0.15, -0.1) is 11.3 Å². The minimum atomic E-state index is 0.134. The molecule has 1 N–H and O–H groups in total. The van der Waals surface area contributed by atoms with E-state index in [-0.39, 0.29) is 6.61 Å². The number of thiazole rings is 1. The lowest BCUT2D eigenvalue weighted by Crippen LogP contribution is -1.92. The Labute approximate surface area is 128 Å². The predicted octanol–water partition coefficient (Wildman–Crippen LogP) is 3.72. The Bertz CT molecular complexity index is 720. The van der Waals surface area contributed by atoms with Crippen LogP contribution in [0.5, 0.6) is 0 Å². The number of aliphatic hydroxyl groups is 1. The average Bonchev–Trinajstić information content (AvgIpc) is 2.90. The molecule has 0 radical (unpaired) electrons. The highest BCUT2D eigenvalue weighted by atomic mass is 32.1. The van der Waals surface area contributed by atoms with Gasteiger partial charge in [0, 0.05) is 35.2 Å². The molecule has 2 heterocycles. The first-order chi connectivity index (χ1) is 10.3. The molecule has 1 aromatic carbocycles. The Hall–Kier alpha value is -2.04.